The number of aliphatic hydroxyl groups is 1. The molecule has 0 unspecified atom stereocenters. The Balaban J connectivity index is 1.89. The smallest absolute Gasteiger partial charge is 0.341 e. The lowest BCUT2D eigenvalue weighted by molar-refractivity contribution is 0.0596. The highest BCUT2D eigenvalue weighted by molar-refractivity contribution is 5.92. The average molecular weight is 393 g/mol. The summed E-state index contributed by atoms with van der Waals surface area (Å²) in [6.07, 6.45) is 17.6. The number of ether oxygens (including phenoxy) is 2. The molecule has 0 aliphatic carbocycles. The second kappa shape index (κ2) is 17.5. The molecule has 0 aliphatic heterocycles. The third-order valence-corrected chi connectivity index (χ3v) is 5.10. The normalized spacial score (nSPS) is 10.8. The van der Waals surface area contributed by atoms with E-state index in [1.807, 2.05) is 18.2 Å². The molecule has 1 aromatic carbocycles. The highest BCUT2D eigenvalue weighted by Crippen LogP contribution is 2.19. The molecule has 0 aliphatic rings. The van der Waals surface area contributed by atoms with Crippen molar-refractivity contribution in [2.24, 2.45) is 0 Å². The Morgan fingerprint density at radius 1 is 0.750 bits per heavy atom. The molecule has 0 saturated carbocycles. The number of hydrogen-bond donors (Lipinski definition) is 1. The number of methoxy groups -OCH3 is 1. The molecule has 0 amide bonds. The molecule has 0 bridgehead atoms. The zero-order chi connectivity index (χ0) is 20.3. The number of benzene rings is 1. The van der Waals surface area contributed by atoms with Crippen molar-refractivity contribution in [3.05, 3.63) is 29.8 Å². The molecule has 0 heterocycles. The summed E-state index contributed by atoms with van der Waals surface area (Å²) in [5.41, 5.74) is 0.496. The second-order valence-electron chi connectivity index (χ2n) is 7.51. The third kappa shape index (κ3) is 12.0. The maximum atomic E-state index is 11.7. The van der Waals surface area contributed by atoms with Crippen molar-refractivity contribution < 1.29 is 19.4 Å². The molecule has 1 aromatic rings. The van der Waals surface area contributed by atoms with Crippen LogP contribution in [-0.4, -0.2) is 31.4 Å². The van der Waals surface area contributed by atoms with Gasteiger partial charge < -0.3 is 14.6 Å². The summed E-state index contributed by atoms with van der Waals surface area (Å²) in [5.74, 6) is 0.264. The third-order valence-electron chi connectivity index (χ3n) is 5.10. The van der Waals surface area contributed by atoms with Gasteiger partial charge in [0.1, 0.15) is 11.3 Å². The summed E-state index contributed by atoms with van der Waals surface area (Å²) in [4.78, 5) is 11.7. The fraction of sp³-hybridized carbons (Fsp3) is 0.708. The minimum atomic E-state index is -0.350. The van der Waals surface area contributed by atoms with Gasteiger partial charge in [-0.3, -0.25) is 0 Å². The van der Waals surface area contributed by atoms with Crippen molar-refractivity contribution in [3.63, 3.8) is 0 Å². The zero-order valence-electron chi connectivity index (χ0n) is 17.8. The number of carbonyl (C=O) groups is 1. The minimum absolute atomic E-state index is 0.344. The van der Waals surface area contributed by atoms with Crippen molar-refractivity contribution >= 4 is 5.97 Å². The molecule has 1 rings (SSSR count). The molecule has 28 heavy (non-hydrogen) atoms. The molecule has 0 aromatic heterocycles. The van der Waals surface area contributed by atoms with E-state index in [1.165, 1.54) is 84.2 Å². The largest absolute Gasteiger partial charge is 0.493 e. The topological polar surface area (TPSA) is 55.8 Å². The molecular formula is C24H40O4. The van der Waals surface area contributed by atoms with Gasteiger partial charge in [-0.05, 0) is 25.0 Å². The first kappa shape index (κ1) is 24.5. The molecule has 0 spiro atoms. The van der Waals surface area contributed by atoms with E-state index < -0.39 is 0 Å². The predicted octanol–water partition coefficient (Wildman–Crippen LogP) is 6.31. The Kier molecular flexibility index (Phi) is 15.3. The van der Waals surface area contributed by atoms with E-state index in [0.717, 1.165) is 12.8 Å². The van der Waals surface area contributed by atoms with Crippen molar-refractivity contribution in [2.45, 2.75) is 89.9 Å². The molecule has 0 saturated heterocycles. The predicted molar refractivity (Wildman–Crippen MR) is 115 cm³/mol. The Morgan fingerprint density at radius 3 is 1.71 bits per heavy atom. The average Bonchev–Trinajstić information content (AvgIpc) is 2.73. The Hall–Kier alpha value is -1.55. The van der Waals surface area contributed by atoms with E-state index in [2.05, 4.69) is 0 Å². The van der Waals surface area contributed by atoms with Crippen molar-refractivity contribution in [2.75, 3.05) is 20.3 Å². The minimum Gasteiger partial charge on any atom is -0.493 e. The summed E-state index contributed by atoms with van der Waals surface area (Å²) < 4.78 is 10.5. The van der Waals surface area contributed by atoms with E-state index in [-0.39, 0.29) is 5.97 Å². The van der Waals surface area contributed by atoms with Crippen LogP contribution in [0.15, 0.2) is 24.3 Å². The number of para-hydroxylation sites is 1. The van der Waals surface area contributed by atoms with Gasteiger partial charge in [0.15, 0.2) is 0 Å². The van der Waals surface area contributed by atoms with E-state index in [0.29, 0.717) is 24.5 Å². The molecule has 0 radical (unpaired) electrons. The zero-order valence-corrected chi connectivity index (χ0v) is 17.8. The van der Waals surface area contributed by atoms with Gasteiger partial charge in [0, 0.05) is 6.61 Å². The first-order valence-corrected chi connectivity index (χ1v) is 11.2. The van der Waals surface area contributed by atoms with Crippen LogP contribution in [-0.2, 0) is 4.74 Å². The lowest BCUT2D eigenvalue weighted by atomic mass is 10.0. The van der Waals surface area contributed by atoms with E-state index in [1.54, 1.807) is 6.07 Å². The SMILES string of the molecule is COC(=O)c1ccccc1OCCCCCCCCCCCCCCCCO. The highest BCUT2D eigenvalue weighted by atomic mass is 16.5. The molecular weight excluding hydrogens is 352 g/mol. The quantitative estimate of drug-likeness (QED) is 0.235. The summed E-state index contributed by atoms with van der Waals surface area (Å²) in [7, 11) is 1.39. The van der Waals surface area contributed by atoms with Gasteiger partial charge in [0.05, 0.1) is 13.7 Å². The first-order valence-electron chi connectivity index (χ1n) is 11.2. The van der Waals surface area contributed by atoms with Gasteiger partial charge in [-0.1, -0.05) is 89.2 Å². The molecule has 1 N–H and O–H groups in total. The van der Waals surface area contributed by atoms with Crippen molar-refractivity contribution in [3.8, 4) is 5.75 Å². The van der Waals surface area contributed by atoms with Crippen LogP contribution in [0.2, 0.25) is 0 Å². The van der Waals surface area contributed by atoms with E-state index in [9.17, 15) is 4.79 Å². The van der Waals surface area contributed by atoms with Crippen molar-refractivity contribution in [1.82, 2.24) is 0 Å². The first-order chi connectivity index (χ1) is 13.8. The Morgan fingerprint density at radius 2 is 1.21 bits per heavy atom. The fourth-order valence-electron chi connectivity index (χ4n) is 3.39. The molecule has 4 nitrogen and oxygen atoms in total. The maximum absolute atomic E-state index is 11.7. The highest BCUT2D eigenvalue weighted by Gasteiger charge is 2.11. The lowest BCUT2D eigenvalue weighted by Gasteiger charge is -2.10. The standard InChI is InChI=1S/C24H40O4/c1-27-24(26)22-18-14-15-19-23(22)28-21-17-13-11-9-7-5-3-2-4-6-8-10-12-16-20-25/h14-15,18-19,25H,2-13,16-17,20-21H2,1H3. The van der Waals surface area contributed by atoms with Crippen LogP contribution in [0.1, 0.15) is 100 Å². The molecule has 160 valence electrons. The monoisotopic (exact) mass is 392 g/mol. The van der Waals surface area contributed by atoms with Crippen LogP contribution in [0.25, 0.3) is 0 Å². The van der Waals surface area contributed by atoms with Gasteiger partial charge in [0.2, 0.25) is 0 Å². The number of carbonyl (C=O) groups excluding carboxylic acids is 1. The van der Waals surface area contributed by atoms with Crippen LogP contribution >= 0.6 is 0 Å². The summed E-state index contributed by atoms with van der Waals surface area (Å²) in [6.45, 7) is 0.989. The van der Waals surface area contributed by atoms with Gasteiger partial charge in [-0.25, -0.2) is 4.79 Å². The van der Waals surface area contributed by atoms with Gasteiger partial charge >= 0.3 is 5.97 Å². The van der Waals surface area contributed by atoms with Crippen LogP contribution < -0.4 is 4.74 Å². The second-order valence-corrected chi connectivity index (χ2v) is 7.51. The van der Waals surface area contributed by atoms with Crippen molar-refractivity contribution in [1.29, 1.82) is 0 Å². The molecule has 0 fully saturated rings. The lowest BCUT2D eigenvalue weighted by Crippen LogP contribution is -2.06. The molecule has 0 atom stereocenters. The summed E-state index contributed by atoms with van der Waals surface area (Å²) in [6, 6.07) is 7.25. The number of rotatable bonds is 18. The van der Waals surface area contributed by atoms with E-state index in [4.69, 9.17) is 14.6 Å². The fourth-order valence-corrected chi connectivity index (χ4v) is 3.39. The van der Waals surface area contributed by atoms with Gasteiger partial charge in [0.25, 0.3) is 0 Å². The summed E-state index contributed by atoms with van der Waals surface area (Å²) in [5, 5.41) is 8.73. The van der Waals surface area contributed by atoms with Gasteiger partial charge in [-0.2, -0.15) is 0 Å². The molecule has 4 heteroatoms. The Labute approximate surface area is 171 Å². The Bertz CT molecular complexity index is 501. The van der Waals surface area contributed by atoms with Crippen LogP contribution in [0.3, 0.4) is 0 Å². The summed E-state index contributed by atoms with van der Waals surface area (Å²) >= 11 is 0. The van der Waals surface area contributed by atoms with Gasteiger partial charge in [-0.15, -0.1) is 0 Å². The number of hydrogen-bond acceptors (Lipinski definition) is 4. The number of esters is 1. The maximum Gasteiger partial charge on any atom is 0.341 e. The van der Waals surface area contributed by atoms with Crippen LogP contribution in [0.5, 0.6) is 5.75 Å². The van der Waals surface area contributed by atoms with Crippen LogP contribution in [0, 0.1) is 0 Å². The van der Waals surface area contributed by atoms with E-state index >= 15 is 0 Å². The number of aliphatic hydroxyl groups excluding tert-OH is 1. The number of unbranched alkanes of at least 4 members (excludes halogenated alkanes) is 13. The van der Waals surface area contributed by atoms with Crippen LogP contribution in [0.4, 0.5) is 0 Å².